The lowest BCUT2D eigenvalue weighted by Crippen LogP contribution is -2.14. The van der Waals surface area contributed by atoms with Crippen LogP contribution >= 0.6 is 0 Å². The highest BCUT2D eigenvalue weighted by Crippen LogP contribution is 2.39. The van der Waals surface area contributed by atoms with E-state index in [-0.39, 0.29) is 5.60 Å². The van der Waals surface area contributed by atoms with Gasteiger partial charge in [0.25, 0.3) is 0 Å². The van der Waals surface area contributed by atoms with Gasteiger partial charge in [-0.3, -0.25) is 0 Å². The molecule has 0 heterocycles. The lowest BCUT2D eigenvalue weighted by Gasteiger charge is -2.16. The highest BCUT2D eigenvalue weighted by Gasteiger charge is 2.40. The largest absolute Gasteiger partial charge is 0.390 e. The molecule has 2 rings (SSSR count). The van der Waals surface area contributed by atoms with E-state index in [4.69, 9.17) is 0 Å². The highest BCUT2D eigenvalue weighted by molar-refractivity contribution is 5.37. The third kappa shape index (κ3) is 2.23. The smallest absolute Gasteiger partial charge is 0.0690 e. The molecule has 1 saturated carbocycles. The molecule has 0 bridgehead atoms. The van der Waals surface area contributed by atoms with Gasteiger partial charge in [-0.05, 0) is 42.4 Å². The molecule has 1 aliphatic carbocycles. The van der Waals surface area contributed by atoms with E-state index < -0.39 is 0 Å². The topological polar surface area (TPSA) is 20.2 Å². The van der Waals surface area contributed by atoms with Crippen LogP contribution in [0.5, 0.6) is 0 Å². The minimum atomic E-state index is -0.366. The van der Waals surface area contributed by atoms with Gasteiger partial charge >= 0.3 is 0 Å². The monoisotopic (exact) mass is 204 g/mol. The zero-order valence-corrected chi connectivity index (χ0v) is 9.71. The molecule has 0 aromatic heterocycles. The fourth-order valence-corrected chi connectivity index (χ4v) is 2.23. The van der Waals surface area contributed by atoms with E-state index in [1.165, 1.54) is 16.7 Å². The van der Waals surface area contributed by atoms with Crippen LogP contribution in [0.25, 0.3) is 0 Å². The number of aliphatic hydroxyl groups is 1. The van der Waals surface area contributed by atoms with Gasteiger partial charge in [-0.25, -0.2) is 0 Å². The predicted octanol–water partition coefficient (Wildman–Crippen LogP) is 2.88. The average molecular weight is 204 g/mol. The van der Waals surface area contributed by atoms with Crippen molar-refractivity contribution in [2.24, 2.45) is 0 Å². The zero-order chi connectivity index (χ0) is 10.9. The maximum absolute atomic E-state index is 10.0. The third-order valence-corrected chi connectivity index (χ3v) is 3.46. The molecule has 1 heteroatoms. The van der Waals surface area contributed by atoms with Gasteiger partial charge in [0.1, 0.15) is 0 Å². The number of hydrogen-bond acceptors (Lipinski definition) is 1. The van der Waals surface area contributed by atoms with Crippen molar-refractivity contribution in [1.29, 1.82) is 0 Å². The van der Waals surface area contributed by atoms with Crippen LogP contribution < -0.4 is 0 Å². The number of aryl methyl sites for hydroxylation is 2. The van der Waals surface area contributed by atoms with E-state index >= 15 is 0 Å². The van der Waals surface area contributed by atoms with E-state index in [9.17, 15) is 5.11 Å². The third-order valence-electron chi connectivity index (χ3n) is 3.46. The Morgan fingerprint density at radius 2 is 1.67 bits per heavy atom. The molecule has 0 saturated heterocycles. The van der Waals surface area contributed by atoms with Crippen molar-refractivity contribution in [2.45, 2.75) is 51.6 Å². The van der Waals surface area contributed by atoms with Gasteiger partial charge in [0.15, 0.2) is 0 Å². The molecule has 1 aliphatic rings. The summed E-state index contributed by atoms with van der Waals surface area (Å²) in [5.74, 6) is 0. The van der Waals surface area contributed by atoms with E-state index in [0.29, 0.717) is 0 Å². The van der Waals surface area contributed by atoms with Gasteiger partial charge in [-0.1, -0.05) is 32.0 Å². The molecule has 0 radical (unpaired) electrons. The second kappa shape index (κ2) is 3.97. The molecule has 0 atom stereocenters. The molecule has 0 unspecified atom stereocenters. The summed E-state index contributed by atoms with van der Waals surface area (Å²) in [4.78, 5) is 0. The van der Waals surface area contributed by atoms with Crippen molar-refractivity contribution in [2.75, 3.05) is 0 Å². The normalized spacial score (nSPS) is 17.8. The van der Waals surface area contributed by atoms with Crippen LogP contribution in [0.3, 0.4) is 0 Å². The number of benzene rings is 1. The van der Waals surface area contributed by atoms with Crippen LogP contribution in [0.1, 0.15) is 43.4 Å². The van der Waals surface area contributed by atoms with Crippen LogP contribution in [-0.4, -0.2) is 10.7 Å². The SMILES string of the molecule is CCc1cccc(CC)c1CC1(O)CC1. The van der Waals surface area contributed by atoms with Crippen LogP contribution in [0.2, 0.25) is 0 Å². The first-order valence-corrected chi connectivity index (χ1v) is 6.00. The van der Waals surface area contributed by atoms with Crippen molar-refractivity contribution in [3.05, 3.63) is 34.9 Å². The summed E-state index contributed by atoms with van der Waals surface area (Å²) in [5, 5.41) is 10.0. The second-order valence-corrected chi connectivity index (χ2v) is 4.66. The molecule has 1 fully saturated rings. The average Bonchev–Trinajstić information content (AvgIpc) is 2.96. The molecule has 82 valence electrons. The molecule has 15 heavy (non-hydrogen) atoms. The standard InChI is InChI=1S/C14H20O/c1-3-11-6-5-7-12(4-2)13(11)10-14(15)8-9-14/h5-7,15H,3-4,8-10H2,1-2H3. The zero-order valence-electron chi connectivity index (χ0n) is 9.71. The lowest BCUT2D eigenvalue weighted by atomic mass is 9.92. The lowest BCUT2D eigenvalue weighted by molar-refractivity contribution is 0.150. The summed E-state index contributed by atoms with van der Waals surface area (Å²) < 4.78 is 0. The van der Waals surface area contributed by atoms with E-state index in [1.807, 2.05) is 0 Å². The van der Waals surface area contributed by atoms with Crippen molar-refractivity contribution in [3.63, 3.8) is 0 Å². The van der Waals surface area contributed by atoms with Crippen molar-refractivity contribution < 1.29 is 5.11 Å². The summed E-state index contributed by atoms with van der Waals surface area (Å²) in [6.45, 7) is 4.38. The van der Waals surface area contributed by atoms with Crippen molar-refractivity contribution >= 4 is 0 Å². The Hall–Kier alpha value is -0.820. The molecule has 0 aliphatic heterocycles. The molecule has 1 aromatic rings. The highest BCUT2D eigenvalue weighted by atomic mass is 16.3. The number of rotatable bonds is 4. The Balaban J connectivity index is 2.32. The molecule has 0 amide bonds. The van der Waals surface area contributed by atoms with Gasteiger partial charge in [-0.15, -0.1) is 0 Å². The summed E-state index contributed by atoms with van der Waals surface area (Å²) in [7, 11) is 0. The number of hydrogen-bond donors (Lipinski definition) is 1. The van der Waals surface area contributed by atoms with Crippen molar-refractivity contribution in [1.82, 2.24) is 0 Å². The van der Waals surface area contributed by atoms with E-state index in [0.717, 1.165) is 32.1 Å². The summed E-state index contributed by atoms with van der Waals surface area (Å²) in [5.41, 5.74) is 3.86. The van der Waals surface area contributed by atoms with Gasteiger partial charge < -0.3 is 5.11 Å². The van der Waals surface area contributed by atoms with Crippen LogP contribution in [0.15, 0.2) is 18.2 Å². The van der Waals surface area contributed by atoms with Gasteiger partial charge in [0.2, 0.25) is 0 Å². The summed E-state index contributed by atoms with van der Waals surface area (Å²) in [6, 6.07) is 6.53. The van der Waals surface area contributed by atoms with E-state index in [1.54, 1.807) is 0 Å². The predicted molar refractivity (Wildman–Crippen MR) is 63.1 cm³/mol. The first-order valence-electron chi connectivity index (χ1n) is 6.00. The van der Waals surface area contributed by atoms with Gasteiger partial charge in [-0.2, -0.15) is 0 Å². The Labute approximate surface area is 92.1 Å². The van der Waals surface area contributed by atoms with Crippen LogP contribution in [0.4, 0.5) is 0 Å². The Bertz CT molecular complexity index is 328. The van der Waals surface area contributed by atoms with Crippen LogP contribution in [0, 0.1) is 0 Å². The fraction of sp³-hybridized carbons (Fsp3) is 0.571. The maximum Gasteiger partial charge on any atom is 0.0690 e. The van der Waals surface area contributed by atoms with Crippen LogP contribution in [-0.2, 0) is 19.3 Å². The minimum Gasteiger partial charge on any atom is -0.390 e. The van der Waals surface area contributed by atoms with Gasteiger partial charge in [0.05, 0.1) is 5.60 Å². The Morgan fingerprint density at radius 3 is 2.07 bits per heavy atom. The minimum absolute atomic E-state index is 0.366. The Morgan fingerprint density at radius 1 is 1.13 bits per heavy atom. The molecule has 1 N–H and O–H groups in total. The molecule has 1 aromatic carbocycles. The molecule has 1 nitrogen and oxygen atoms in total. The maximum atomic E-state index is 10.0. The first kappa shape index (κ1) is 10.7. The molecule has 0 spiro atoms. The fourth-order valence-electron chi connectivity index (χ4n) is 2.23. The molecular formula is C14H20O. The molecular weight excluding hydrogens is 184 g/mol. The first-order chi connectivity index (χ1) is 7.18. The van der Waals surface area contributed by atoms with Crippen molar-refractivity contribution in [3.8, 4) is 0 Å². The second-order valence-electron chi connectivity index (χ2n) is 4.66. The van der Waals surface area contributed by atoms with E-state index in [2.05, 4.69) is 32.0 Å². The summed E-state index contributed by atoms with van der Waals surface area (Å²) >= 11 is 0. The quantitative estimate of drug-likeness (QED) is 0.799. The Kier molecular flexibility index (Phi) is 2.83. The van der Waals surface area contributed by atoms with Gasteiger partial charge in [0, 0.05) is 6.42 Å². The summed E-state index contributed by atoms with van der Waals surface area (Å²) in [6.07, 6.45) is 4.96.